The second-order valence-electron chi connectivity index (χ2n) is 3.35. The fraction of sp³-hybridized carbons (Fsp3) is 0.0909. The maximum atomic E-state index is 11.9. The van der Waals surface area contributed by atoms with Gasteiger partial charge in [-0.3, -0.25) is 4.79 Å². The highest BCUT2D eigenvalue weighted by Gasteiger charge is 2.12. The molecule has 88 valence electrons. The number of aryl methyl sites for hydroxylation is 1. The average Bonchev–Trinajstić information content (AvgIpc) is 2.70. The molecule has 1 N–H and O–H groups in total. The van der Waals surface area contributed by atoms with Crippen molar-refractivity contribution in [3.05, 3.63) is 43.8 Å². The highest BCUT2D eigenvalue weighted by atomic mass is 79.9. The summed E-state index contributed by atoms with van der Waals surface area (Å²) in [4.78, 5) is 16.5. The van der Waals surface area contributed by atoms with Crippen LogP contribution in [0, 0.1) is 6.92 Å². The number of anilines is 1. The maximum Gasteiger partial charge on any atom is 0.267 e. The molecule has 1 aromatic carbocycles. The second-order valence-corrected chi connectivity index (χ2v) is 5.47. The largest absolute Gasteiger partial charge is 0.321 e. The van der Waals surface area contributed by atoms with Crippen molar-refractivity contribution in [2.75, 3.05) is 5.32 Å². The number of benzene rings is 1. The van der Waals surface area contributed by atoms with Crippen LogP contribution in [0.5, 0.6) is 0 Å². The van der Waals surface area contributed by atoms with E-state index in [1.165, 1.54) is 11.3 Å². The van der Waals surface area contributed by atoms with Gasteiger partial charge in [0.2, 0.25) is 0 Å². The molecule has 0 bridgehead atoms. The lowest BCUT2D eigenvalue weighted by atomic mass is 10.3. The lowest BCUT2D eigenvalue weighted by Gasteiger charge is -2.05. The van der Waals surface area contributed by atoms with Crippen molar-refractivity contribution in [2.24, 2.45) is 0 Å². The second kappa shape index (κ2) is 5.16. The van der Waals surface area contributed by atoms with E-state index in [2.05, 4.69) is 26.2 Å². The number of amides is 1. The third kappa shape index (κ3) is 2.86. The quantitative estimate of drug-likeness (QED) is 0.899. The number of hydrogen-bond acceptors (Lipinski definition) is 3. The number of nitrogens with one attached hydrogen (secondary N) is 1. The third-order valence-electron chi connectivity index (χ3n) is 2.13. The average molecular weight is 332 g/mol. The molecule has 1 amide bonds. The summed E-state index contributed by atoms with van der Waals surface area (Å²) >= 11 is 10.6. The van der Waals surface area contributed by atoms with Crippen LogP contribution in [0.3, 0.4) is 0 Å². The van der Waals surface area contributed by atoms with Crippen LogP contribution >= 0.6 is 38.9 Å². The summed E-state index contributed by atoms with van der Waals surface area (Å²) in [6, 6.07) is 5.27. The van der Waals surface area contributed by atoms with Gasteiger partial charge in [0.15, 0.2) is 0 Å². The molecule has 2 rings (SSSR count). The first-order valence-corrected chi connectivity index (χ1v) is 6.79. The van der Waals surface area contributed by atoms with Crippen LogP contribution in [-0.2, 0) is 0 Å². The molecule has 0 radical (unpaired) electrons. The molecule has 0 aliphatic heterocycles. The van der Waals surface area contributed by atoms with Crippen LogP contribution in [0.4, 0.5) is 5.69 Å². The summed E-state index contributed by atoms with van der Waals surface area (Å²) in [5.74, 6) is -0.164. The van der Waals surface area contributed by atoms with Crippen molar-refractivity contribution in [1.29, 1.82) is 0 Å². The molecule has 1 heterocycles. The van der Waals surface area contributed by atoms with E-state index in [0.717, 1.165) is 10.2 Å². The topological polar surface area (TPSA) is 42.0 Å². The lowest BCUT2D eigenvalue weighted by molar-refractivity contribution is 0.103. The third-order valence-corrected chi connectivity index (χ3v) is 4.29. The van der Waals surface area contributed by atoms with Crippen LogP contribution in [0.1, 0.15) is 15.4 Å². The molecule has 3 nitrogen and oxygen atoms in total. The van der Waals surface area contributed by atoms with E-state index in [4.69, 9.17) is 11.6 Å². The lowest BCUT2D eigenvalue weighted by Crippen LogP contribution is -2.11. The van der Waals surface area contributed by atoms with Crippen molar-refractivity contribution in [3.63, 3.8) is 0 Å². The van der Waals surface area contributed by atoms with Gasteiger partial charge in [0, 0.05) is 10.2 Å². The Morgan fingerprint density at radius 2 is 2.29 bits per heavy atom. The zero-order chi connectivity index (χ0) is 12.4. The Kier molecular flexibility index (Phi) is 3.81. The minimum atomic E-state index is -0.164. The van der Waals surface area contributed by atoms with Crippen LogP contribution in [-0.4, -0.2) is 10.9 Å². The molecule has 0 spiro atoms. The number of carbonyl (C=O) groups excluding carboxylic acids is 1. The first-order chi connectivity index (χ1) is 8.08. The minimum absolute atomic E-state index is 0.164. The molecule has 0 saturated carbocycles. The van der Waals surface area contributed by atoms with Gasteiger partial charge in [-0.15, -0.1) is 11.3 Å². The Balaban J connectivity index is 2.19. The van der Waals surface area contributed by atoms with Gasteiger partial charge < -0.3 is 5.32 Å². The van der Waals surface area contributed by atoms with Gasteiger partial charge >= 0.3 is 0 Å². The van der Waals surface area contributed by atoms with E-state index in [1.807, 2.05) is 0 Å². The monoisotopic (exact) mass is 330 g/mol. The number of aromatic nitrogens is 1. The Labute approximate surface area is 116 Å². The fourth-order valence-electron chi connectivity index (χ4n) is 1.28. The smallest absolute Gasteiger partial charge is 0.267 e. The maximum absolute atomic E-state index is 11.9. The Bertz CT molecular complexity index is 570. The van der Waals surface area contributed by atoms with Gasteiger partial charge in [0.1, 0.15) is 4.88 Å². The first kappa shape index (κ1) is 12.5. The molecule has 0 unspecified atom stereocenters. The van der Waals surface area contributed by atoms with Gasteiger partial charge in [-0.1, -0.05) is 11.6 Å². The predicted molar refractivity (Wildman–Crippen MR) is 74.0 cm³/mol. The van der Waals surface area contributed by atoms with Crippen molar-refractivity contribution >= 4 is 50.5 Å². The van der Waals surface area contributed by atoms with Gasteiger partial charge in [0.25, 0.3) is 5.91 Å². The van der Waals surface area contributed by atoms with Gasteiger partial charge in [0.05, 0.1) is 16.2 Å². The molecule has 6 heteroatoms. The van der Waals surface area contributed by atoms with E-state index in [1.54, 1.807) is 30.6 Å². The number of halogens is 2. The fourth-order valence-corrected chi connectivity index (χ4v) is 2.41. The highest BCUT2D eigenvalue weighted by Crippen LogP contribution is 2.26. The van der Waals surface area contributed by atoms with Gasteiger partial charge in [-0.2, -0.15) is 0 Å². The van der Waals surface area contributed by atoms with Crippen molar-refractivity contribution in [2.45, 2.75) is 6.92 Å². The number of hydrogen-bond donors (Lipinski definition) is 1. The Morgan fingerprint density at radius 1 is 1.53 bits per heavy atom. The van der Waals surface area contributed by atoms with Crippen molar-refractivity contribution in [1.82, 2.24) is 4.98 Å². The summed E-state index contributed by atoms with van der Waals surface area (Å²) in [5, 5.41) is 3.34. The van der Waals surface area contributed by atoms with E-state index < -0.39 is 0 Å². The molecular formula is C11H8BrClN2OS. The molecule has 17 heavy (non-hydrogen) atoms. The van der Waals surface area contributed by atoms with E-state index in [0.29, 0.717) is 15.6 Å². The van der Waals surface area contributed by atoms with Crippen LogP contribution in [0.15, 0.2) is 28.2 Å². The SMILES string of the molecule is Cc1ncsc1C(=O)Nc1ccc(Br)c(Cl)c1. The highest BCUT2D eigenvalue weighted by molar-refractivity contribution is 9.10. The first-order valence-electron chi connectivity index (χ1n) is 4.74. The number of carbonyl (C=O) groups is 1. The van der Waals surface area contributed by atoms with E-state index in [-0.39, 0.29) is 5.91 Å². The van der Waals surface area contributed by atoms with Crippen LogP contribution < -0.4 is 5.32 Å². The zero-order valence-corrected chi connectivity index (χ0v) is 12.0. The summed E-state index contributed by atoms with van der Waals surface area (Å²) in [7, 11) is 0. The number of nitrogens with zero attached hydrogens (tertiary/aromatic N) is 1. The molecule has 0 saturated heterocycles. The predicted octanol–water partition coefficient (Wildman–Crippen LogP) is 4.12. The summed E-state index contributed by atoms with van der Waals surface area (Å²) in [6.45, 7) is 1.81. The zero-order valence-electron chi connectivity index (χ0n) is 8.83. The molecule has 0 aliphatic carbocycles. The van der Waals surface area contributed by atoms with Crippen molar-refractivity contribution < 1.29 is 4.79 Å². The summed E-state index contributed by atoms with van der Waals surface area (Å²) in [6.07, 6.45) is 0. The van der Waals surface area contributed by atoms with E-state index in [9.17, 15) is 4.79 Å². The normalized spacial score (nSPS) is 10.3. The summed E-state index contributed by atoms with van der Waals surface area (Å²) < 4.78 is 0.797. The molecule has 0 atom stereocenters. The molecule has 1 aromatic heterocycles. The van der Waals surface area contributed by atoms with Gasteiger partial charge in [-0.25, -0.2) is 4.98 Å². The van der Waals surface area contributed by atoms with E-state index >= 15 is 0 Å². The van der Waals surface area contributed by atoms with Crippen LogP contribution in [0.2, 0.25) is 5.02 Å². The molecule has 0 aliphatic rings. The molecule has 0 fully saturated rings. The molecule has 2 aromatic rings. The van der Waals surface area contributed by atoms with Crippen molar-refractivity contribution in [3.8, 4) is 0 Å². The van der Waals surface area contributed by atoms with Gasteiger partial charge in [-0.05, 0) is 41.1 Å². The molecular weight excluding hydrogens is 324 g/mol. The Morgan fingerprint density at radius 3 is 2.88 bits per heavy atom. The summed E-state index contributed by atoms with van der Waals surface area (Å²) in [5.41, 5.74) is 3.05. The Hall–Kier alpha value is -0.910. The minimum Gasteiger partial charge on any atom is -0.321 e. The number of rotatable bonds is 2. The van der Waals surface area contributed by atoms with Crippen LogP contribution in [0.25, 0.3) is 0 Å². The number of thiazole rings is 1. The standard InChI is InChI=1S/C11H8BrClN2OS/c1-6-10(17-5-14-6)11(16)15-7-2-3-8(12)9(13)4-7/h2-5H,1H3,(H,15,16).